The van der Waals surface area contributed by atoms with Gasteiger partial charge in [0.25, 0.3) is 5.69 Å². The zero-order valence-electron chi connectivity index (χ0n) is 15.6. The van der Waals surface area contributed by atoms with Gasteiger partial charge >= 0.3 is 0 Å². The zero-order valence-corrected chi connectivity index (χ0v) is 15.6. The molecule has 0 aliphatic carbocycles. The van der Waals surface area contributed by atoms with E-state index in [1.165, 1.54) is 12.1 Å². The number of non-ortho nitro benzene ring substituents is 1. The van der Waals surface area contributed by atoms with Gasteiger partial charge in [0.2, 0.25) is 0 Å². The molecule has 0 atom stereocenters. The van der Waals surface area contributed by atoms with Gasteiger partial charge in [-0.25, -0.2) is 0 Å². The first-order chi connectivity index (χ1) is 14.2. The van der Waals surface area contributed by atoms with Gasteiger partial charge < -0.3 is 4.74 Å². The van der Waals surface area contributed by atoms with Crippen molar-refractivity contribution in [2.24, 2.45) is 0 Å². The van der Waals surface area contributed by atoms with Crippen molar-refractivity contribution in [1.29, 1.82) is 0 Å². The Morgan fingerprint density at radius 3 is 1.48 bits per heavy atom. The van der Waals surface area contributed by atoms with E-state index in [9.17, 15) is 10.1 Å². The molecule has 0 N–H and O–H groups in total. The smallest absolute Gasteiger partial charge is 0.273 e. The molecule has 0 bridgehead atoms. The van der Waals surface area contributed by atoms with Gasteiger partial charge in [0.05, 0.1) is 11.0 Å². The lowest BCUT2D eigenvalue weighted by Gasteiger charge is -2.36. The molecule has 0 spiro atoms. The van der Waals surface area contributed by atoms with Crippen LogP contribution < -0.4 is 4.74 Å². The Kier molecular flexibility index (Phi) is 5.08. The van der Waals surface area contributed by atoms with Crippen LogP contribution in [0.2, 0.25) is 0 Å². The van der Waals surface area contributed by atoms with Gasteiger partial charge in [0, 0.05) is 22.8 Å². The predicted octanol–water partition coefficient (Wildman–Crippen LogP) is 5.97. The molecule has 0 saturated carbocycles. The van der Waals surface area contributed by atoms with Gasteiger partial charge in [-0.1, -0.05) is 97.1 Å². The molecule has 0 fully saturated rings. The number of nitro groups is 1. The van der Waals surface area contributed by atoms with Crippen molar-refractivity contribution in [3.05, 3.63) is 142 Å². The monoisotopic (exact) mass is 381 g/mol. The summed E-state index contributed by atoms with van der Waals surface area (Å²) < 4.78 is 6.65. The number of hydrogen-bond acceptors (Lipinski definition) is 3. The molecule has 4 nitrogen and oxygen atoms in total. The summed E-state index contributed by atoms with van der Waals surface area (Å²) in [7, 11) is 0. The Labute approximate surface area is 169 Å². The molecule has 142 valence electrons. The van der Waals surface area contributed by atoms with Gasteiger partial charge in [-0.05, 0) is 6.07 Å². The quantitative estimate of drug-likeness (QED) is 0.235. The number of hydrogen-bond donors (Lipinski definition) is 0. The van der Waals surface area contributed by atoms with Gasteiger partial charge in [-0.3, -0.25) is 10.1 Å². The van der Waals surface area contributed by atoms with E-state index in [0.29, 0.717) is 5.75 Å². The molecule has 0 aromatic heterocycles. The van der Waals surface area contributed by atoms with Gasteiger partial charge in [0.1, 0.15) is 5.75 Å². The van der Waals surface area contributed by atoms with Crippen molar-refractivity contribution < 1.29 is 9.66 Å². The summed E-state index contributed by atoms with van der Waals surface area (Å²) in [6, 6.07) is 36.0. The highest BCUT2D eigenvalue weighted by Gasteiger charge is 2.39. The van der Waals surface area contributed by atoms with E-state index in [-0.39, 0.29) is 5.69 Å². The normalized spacial score (nSPS) is 11.0. The molecule has 29 heavy (non-hydrogen) atoms. The van der Waals surface area contributed by atoms with Crippen molar-refractivity contribution in [1.82, 2.24) is 0 Å². The molecule has 4 heteroatoms. The maximum atomic E-state index is 11.3. The summed E-state index contributed by atoms with van der Waals surface area (Å²) in [5.41, 5.74) is 1.83. The van der Waals surface area contributed by atoms with Crippen molar-refractivity contribution in [3.63, 3.8) is 0 Å². The average Bonchev–Trinajstić information content (AvgIpc) is 2.79. The van der Waals surface area contributed by atoms with E-state index in [1.54, 1.807) is 12.1 Å². The van der Waals surface area contributed by atoms with Gasteiger partial charge in [0.15, 0.2) is 5.60 Å². The van der Waals surface area contributed by atoms with Crippen LogP contribution in [0.1, 0.15) is 16.7 Å². The third-order valence-electron chi connectivity index (χ3n) is 4.84. The van der Waals surface area contributed by atoms with E-state index in [0.717, 1.165) is 16.7 Å². The van der Waals surface area contributed by atoms with Crippen LogP contribution in [0.15, 0.2) is 115 Å². The predicted molar refractivity (Wildman–Crippen MR) is 113 cm³/mol. The number of nitrogens with zero attached hydrogens (tertiary/aromatic N) is 1. The lowest BCUT2D eigenvalue weighted by molar-refractivity contribution is -0.385. The number of ether oxygens (including phenoxy) is 1. The Bertz CT molecular complexity index is 1000. The fourth-order valence-corrected chi connectivity index (χ4v) is 3.53. The Hall–Kier alpha value is -3.92. The van der Waals surface area contributed by atoms with Crippen LogP contribution in [0, 0.1) is 10.1 Å². The summed E-state index contributed by atoms with van der Waals surface area (Å²) in [4.78, 5) is 10.9. The van der Waals surface area contributed by atoms with Crippen molar-refractivity contribution >= 4 is 5.69 Å². The molecule has 0 aliphatic rings. The molecule has 0 heterocycles. The molecule has 0 unspecified atom stereocenters. The topological polar surface area (TPSA) is 52.4 Å². The van der Waals surface area contributed by atoms with Crippen LogP contribution in [0.3, 0.4) is 0 Å². The van der Waals surface area contributed by atoms with Crippen LogP contribution >= 0.6 is 0 Å². The minimum atomic E-state index is -0.959. The molecule has 0 amide bonds. The Morgan fingerprint density at radius 2 is 1.07 bits per heavy atom. The number of rotatable bonds is 6. The van der Waals surface area contributed by atoms with Crippen LogP contribution in [0.4, 0.5) is 5.69 Å². The maximum Gasteiger partial charge on any atom is 0.273 e. The first kappa shape index (κ1) is 18.4. The fraction of sp³-hybridized carbons (Fsp3) is 0.0400. The molecule has 0 aliphatic heterocycles. The van der Waals surface area contributed by atoms with Crippen molar-refractivity contribution in [2.45, 2.75) is 5.60 Å². The molecular weight excluding hydrogens is 362 g/mol. The zero-order chi connectivity index (χ0) is 20.1. The first-order valence-electron chi connectivity index (χ1n) is 9.30. The minimum absolute atomic E-state index is 0.00872. The van der Waals surface area contributed by atoms with Crippen LogP contribution in [0.5, 0.6) is 5.75 Å². The van der Waals surface area contributed by atoms with E-state index in [2.05, 4.69) is 0 Å². The van der Waals surface area contributed by atoms with E-state index in [1.807, 2.05) is 91.0 Å². The molecule has 4 aromatic carbocycles. The lowest BCUT2D eigenvalue weighted by Crippen LogP contribution is -2.36. The lowest BCUT2D eigenvalue weighted by atomic mass is 9.80. The highest BCUT2D eigenvalue weighted by Crippen LogP contribution is 2.41. The number of nitro benzene ring substituents is 1. The van der Waals surface area contributed by atoms with Crippen LogP contribution in [-0.4, -0.2) is 4.92 Å². The third-order valence-corrected chi connectivity index (χ3v) is 4.84. The second-order valence-electron chi connectivity index (χ2n) is 6.64. The SMILES string of the molecule is O=[N+]([O-])c1cccc(OC(c2ccccc2)(c2ccccc2)c2ccccc2)c1. The average molecular weight is 381 g/mol. The van der Waals surface area contributed by atoms with E-state index < -0.39 is 10.5 Å². The second kappa shape index (κ2) is 7.98. The minimum Gasteiger partial charge on any atom is -0.473 e. The fourth-order valence-electron chi connectivity index (χ4n) is 3.53. The third kappa shape index (κ3) is 3.60. The number of benzene rings is 4. The second-order valence-corrected chi connectivity index (χ2v) is 6.64. The Morgan fingerprint density at radius 1 is 0.621 bits per heavy atom. The molecule has 0 radical (unpaired) electrons. The highest BCUT2D eigenvalue weighted by atomic mass is 16.6. The van der Waals surface area contributed by atoms with Crippen LogP contribution in [-0.2, 0) is 5.60 Å². The molecular formula is C25H19NO3. The van der Waals surface area contributed by atoms with E-state index >= 15 is 0 Å². The van der Waals surface area contributed by atoms with Crippen molar-refractivity contribution in [3.8, 4) is 5.75 Å². The van der Waals surface area contributed by atoms with Gasteiger partial charge in [-0.15, -0.1) is 0 Å². The molecule has 4 rings (SSSR count). The van der Waals surface area contributed by atoms with Gasteiger partial charge in [-0.2, -0.15) is 0 Å². The van der Waals surface area contributed by atoms with E-state index in [4.69, 9.17) is 4.74 Å². The largest absolute Gasteiger partial charge is 0.473 e. The maximum absolute atomic E-state index is 11.3. The standard InChI is InChI=1S/C25H19NO3/c27-26(28)23-17-10-18-24(19-23)29-25(20-11-4-1-5-12-20,21-13-6-2-7-14-21)22-15-8-3-9-16-22/h1-19H. The molecule has 4 aromatic rings. The summed E-state index contributed by atoms with van der Waals surface area (Å²) in [5.74, 6) is 0.427. The highest BCUT2D eigenvalue weighted by molar-refractivity contribution is 5.50. The van der Waals surface area contributed by atoms with Crippen molar-refractivity contribution in [2.75, 3.05) is 0 Å². The summed E-state index contributed by atoms with van der Waals surface area (Å²) >= 11 is 0. The summed E-state index contributed by atoms with van der Waals surface area (Å²) in [5, 5.41) is 11.3. The summed E-state index contributed by atoms with van der Waals surface area (Å²) in [6.07, 6.45) is 0. The van der Waals surface area contributed by atoms with Crippen LogP contribution in [0.25, 0.3) is 0 Å². The first-order valence-corrected chi connectivity index (χ1v) is 9.30. The molecule has 0 saturated heterocycles. The Balaban J connectivity index is 1.98. The summed E-state index contributed by atoms with van der Waals surface area (Å²) in [6.45, 7) is 0.